The molecule has 0 spiro atoms. The molecule has 4 aromatic rings. The number of hydrogen-bond acceptors (Lipinski definition) is 6. The zero-order chi connectivity index (χ0) is 22.2. The van der Waals surface area contributed by atoms with E-state index in [1.54, 1.807) is 55.5 Å². The molecular formula is C21H21N5O4S. The summed E-state index contributed by atoms with van der Waals surface area (Å²) in [4.78, 5) is 20.9. The van der Waals surface area contributed by atoms with Gasteiger partial charge in [-0.25, -0.2) is 13.4 Å². The van der Waals surface area contributed by atoms with Crippen LogP contribution in [-0.2, 0) is 16.6 Å². The summed E-state index contributed by atoms with van der Waals surface area (Å²) in [6, 6.07) is 14.7. The fourth-order valence-corrected chi connectivity index (χ4v) is 4.57. The molecule has 0 fully saturated rings. The molecular weight excluding hydrogens is 418 g/mol. The Morgan fingerprint density at radius 1 is 1.03 bits per heavy atom. The summed E-state index contributed by atoms with van der Waals surface area (Å²) in [6.45, 7) is 3.46. The first-order valence-electron chi connectivity index (χ1n) is 9.47. The third-order valence-electron chi connectivity index (χ3n) is 4.77. The van der Waals surface area contributed by atoms with Crippen LogP contribution in [0.4, 0.5) is 5.69 Å². The number of sulfonamides is 1. The lowest BCUT2D eigenvalue weighted by atomic mass is 10.2. The highest BCUT2D eigenvalue weighted by Gasteiger charge is 2.26. The maximum absolute atomic E-state index is 13.5. The van der Waals surface area contributed by atoms with Crippen LogP contribution in [0.3, 0.4) is 0 Å². The van der Waals surface area contributed by atoms with E-state index in [0.29, 0.717) is 17.1 Å². The zero-order valence-corrected chi connectivity index (χ0v) is 18.0. The first-order valence-corrected chi connectivity index (χ1v) is 10.9. The minimum atomic E-state index is -3.92. The number of aromatic nitrogens is 4. The molecule has 0 aliphatic carbocycles. The Morgan fingerprint density at radius 3 is 2.35 bits per heavy atom. The van der Waals surface area contributed by atoms with Gasteiger partial charge in [0.15, 0.2) is 0 Å². The number of aryl methyl sites for hydroxylation is 2. The van der Waals surface area contributed by atoms with Gasteiger partial charge in [-0.15, -0.1) is 0 Å². The van der Waals surface area contributed by atoms with Crippen molar-refractivity contribution >= 4 is 21.5 Å². The number of benzene rings is 2. The first-order chi connectivity index (χ1) is 14.8. The topological polar surface area (TPSA) is 110 Å². The van der Waals surface area contributed by atoms with Gasteiger partial charge in [0.1, 0.15) is 11.6 Å². The van der Waals surface area contributed by atoms with Crippen molar-refractivity contribution in [2.75, 3.05) is 11.4 Å². The monoisotopic (exact) mass is 439 g/mol. The molecule has 2 aromatic carbocycles. The highest BCUT2D eigenvalue weighted by molar-refractivity contribution is 7.92. The van der Waals surface area contributed by atoms with Crippen LogP contribution in [0.5, 0.6) is 5.75 Å². The van der Waals surface area contributed by atoms with Crippen LogP contribution in [0.1, 0.15) is 17.1 Å². The average Bonchev–Trinajstić information content (AvgIpc) is 3.15. The molecule has 0 saturated carbocycles. The standard InChI is InChI=1S/C21H21N5O4S/c1-14-4-10-18(11-5-14)31(28,29)25(16-6-8-17(30-3)9-7-16)13-19-23-21-22-15(2)12-20(27)26(21)24-19/h4-12H,13H2,1-3H3,(H,22,23,24). The summed E-state index contributed by atoms with van der Waals surface area (Å²) in [6.07, 6.45) is 0. The summed E-state index contributed by atoms with van der Waals surface area (Å²) >= 11 is 0. The second-order valence-electron chi connectivity index (χ2n) is 7.06. The van der Waals surface area contributed by atoms with Crippen LogP contribution in [0.15, 0.2) is 64.3 Å². The minimum absolute atomic E-state index is 0.121. The van der Waals surface area contributed by atoms with Gasteiger partial charge in [-0.1, -0.05) is 17.7 Å². The molecule has 31 heavy (non-hydrogen) atoms. The largest absolute Gasteiger partial charge is 0.497 e. The third-order valence-corrected chi connectivity index (χ3v) is 6.56. The lowest BCUT2D eigenvalue weighted by Crippen LogP contribution is -2.31. The van der Waals surface area contributed by atoms with Crippen LogP contribution in [0.25, 0.3) is 5.78 Å². The van der Waals surface area contributed by atoms with Crippen LogP contribution < -0.4 is 14.6 Å². The molecule has 0 amide bonds. The van der Waals surface area contributed by atoms with Crippen molar-refractivity contribution in [3.63, 3.8) is 0 Å². The molecule has 2 aromatic heterocycles. The molecule has 0 bridgehead atoms. The van der Waals surface area contributed by atoms with Crippen LogP contribution in [0.2, 0.25) is 0 Å². The predicted molar refractivity (Wildman–Crippen MR) is 116 cm³/mol. The van der Waals surface area contributed by atoms with Crippen molar-refractivity contribution in [1.29, 1.82) is 0 Å². The fraction of sp³-hybridized carbons (Fsp3) is 0.190. The smallest absolute Gasteiger partial charge is 0.274 e. The number of H-pyrrole nitrogens is 1. The molecule has 0 atom stereocenters. The van der Waals surface area contributed by atoms with Gasteiger partial charge in [-0.2, -0.15) is 9.50 Å². The molecule has 0 aliphatic rings. The molecule has 4 rings (SSSR count). The number of fused-ring (bicyclic) bond motifs is 1. The maximum Gasteiger partial charge on any atom is 0.274 e. The van der Waals surface area contributed by atoms with Gasteiger partial charge in [-0.05, 0) is 50.2 Å². The van der Waals surface area contributed by atoms with Crippen molar-refractivity contribution in [1.82, 2.24) is 19.6 Å². The zero-order valence-electron chi connectivity index (χ0n) is 17.2. The quantitative estimate of drug-likeness (QED) is 0.494. The van der Waals surface area contributed by atoms with E-state index in [1.807, 2.05) is 6.92 Å². The molecule has 0 aliphatic heterocycles. The van der Waals surface area contributed by atoms with Crippen molar-refractivity contribution in [3.05, 3.63) is 82.0 Å². The van der Waals surface area contributed by atoms with E-state index in [9.17, 15) is 13.2 Å². The van der Waals surface area contributed by atoms with Crippen LogP contribution >= 0.6 is 0 Å². The maximum atomic E-state index is 13.5. The molecule has 9 nitrogen and oxygen atoms in total. The van der Waals surface area contributed by atoms with Crippen molar-refractivity contribution < 1.29 is 13.2 Å². The van der Waals surface area contributed by atoms with Gasteiger partial charge in [0.2, 0.25) is 0 Å². The van der Waals surface area contributed by atoms with E-state index in [4.69, 9.17) is 4.74 Å². The summed E-state index contributed by atoms with van der Waals surface area (Å²) in [7, 11) is -2.38. The van der Waals surface area contributed by atoms with Crippen LogP contribution in [-0.4, -0.2) is 35.1 Å². The predicted octanol–water partition coefficient (Wildman–Crippen LogP) is 2.44. The molecule has 10 heteroatoms. The van der Waals surface area contributed by atoms with E-state index < -0.39 is 10.0 Å². The van der Waals surface area contributed by atoms with E-state index in [0.717, 1.165) is 5.56 Å². The Morgan fingerprint density at radius 2 is 1.71 bits per heavy atom. The lowest BCUT2D eigenvalue weighted by molar-refractivity contribution is 0.415. The van der Waals surface area contributed by atoms with Gasteiger partial charge in [0.05, 0.1) is 24.2 Å². The molecule has 0 unspecified atom stereocenters. The van der Waals surface area contributed by atoms with Gasteiger partial charge in [0, 0.05) is 11.8 Å². The number of hydrogen-bond donors (Lipinski definition) is 1. The number of nitrogens with one attached hydrogen (secondary N) is 1. The number of aromatic amines is 1. The minimum Gasteiger partial charge on any atom is -0.497 e. The van der Waals surface area contributed by atoms with Gasteiger partial charge < -0.3 is 4.74 Å². The Kier molecular flexibility index (Phi) is 5.24. The number of methoxy groups -OCH3 is 1. The number of rotatable bonds is 6. The van der Waals surface area contributed by atoms with Gasteiger partial charge in [-0.3, -0.25) is 14.2 Å². The van der Waals surface area contributed by atoms with Crippen molar-refractivity contribution in [2.45, 2.75) is 25.3 Å². The van der Waals surface area contributed by atoms with E-state index in [2.05, 4.69) is 15.1 Å². The number of ether oxygens (including phenoxy) is 1. The second kappa shape index (κ2) is 7.88. The first kappa shape index (κ1) is 20.6. The molecule has 1 N–H and O–H groups in total. The Labute approximate surface area is 179 Å². The number of nitrogens with zero attached hydrogens (tertiary/aromatic N) is 4. The Balaban J connectivity index is 1.81. The van der Waals surface area contributed by atoms with Crippen molar-refractivity contribution in [3.8, 4) is 5.75 Å². The normalized spacial score (nSPS) is 11.6. The SMILES string of the molecule is COc1ccc(N(Cc2nc3nc(C)cc(=O)n3[nH]2)S(=O)(=O)c2ccc(C)cc2)cc1. The summed E-state index contributed by atoms with van der Waals surface area (Å²) in [5, 5.41) is 2.85. The summed E-state index contributed by atoms with van der Waals surface area (Å²) in [5.74, 6) is 1.07. The van der Waals surface area contributed by atoms with Crippen molar-refractivity contribution in [2.24, 2.45) is 0 Å². The molecule has 160 valence electrons. The highest BCUT2D eigenvalue weighted by atomic mass is 32.2. The van der Waals surface area contributed by atoms with Gasteiger partial charge >= 0.3 is 0 Å². The fourth-order valence-electron chi connectivity index (χ4n) is 3.14. The number of anilines is 1. The Hall–Kier alpha value is -3.66. The van der Waals surface area contributed by atoms with Gasteiger partial charge in [0.25, 0.3) is 21.4 Å². The Bertz CT molecular complexity index is 1390. The molecule has 2 heterocycles. The second-order valence-corrected chi connectivity index (χ2v) is 8.93. The van der Waals surface area contributed by atoms with E-state index >= 15 is 0 Å². The third kappa shape index (κ3) is 4.02. The lowest BCUT2D eigenvalue weighted by Gasteiger charge is -2.23. The summed E-state index contributed by atoms with van der Waals surface area (Å²) in [5.41, 5.74) is 1.59. The molecule has 0 saturated heterocycles. The van der Waals surface area contributed by atoms with E-state index in [-0.39, 0.29) is 28.6 Å². The van der Waals surface area contributed by atoms with E-state index in [1.165, 1.54) is 22.0 Å². The highest BCUT2D eigenvalue weighted by Crippen LogP contribution is 2.27. The average molecular weight is 439 g/mol. The van der Waals surface area contributed by atoms with Crippen LogP contribution in [0, 0.1) is 13.8 Å². The summed E-state index contributed by atoms with van der Waals surface area (Å²) < 4.78 is 34.6. The molecule has 0 radical (unpaired) electrons.